The molecule has 6 nitrogen and oxygen atoms in total. The molecule has 3 aromatic rings. The number of pyridine rings is 1. The van der Waals surface area contributed by atoms with E-state index in [1.54, 1.807) is 13.3 Å². The highest BCUT2D eigenvalue weighted by Crippen LogP contribution is 2.40. The van der Waals surface area contributed by atoms with Crippen molar-refractivity contribution in [2.45, 2.75) is 31.9 Å². The van der Waals surface area contributed by atoms with Crippen LogP contribution in [-0.2, 0) is 0 Å². The Bertz CT molecular complexity index is 887. The van der Waals surface area contributed by atoms with Crippen LogP contribution >= 0.6 is 0 Å². The maximum atomic E-state index is 9.72. The molecule has 4 rings (SSSR count). The van der Waals surface area contributed by atoms with Crippen molar-refractivity contribution in [2.24, 2.45) is 5.92 Å². The molecule has 1 saturated carbocycles. The van der Waals surface area contributed by atoms with Crippen LogP contribution in [0.3, 0.4) is 0 Å². The molecular formula is C19H21N3O3. The van der Waals surface area contributed by atoms with Gasteiger partial charge >= 0.3 is 0 Å². The van der Waals surface area contributed by atoms with Crippen LogP contribution in [0.1, 0.15) is 30.0 Å². The van der Waals surface area contributed by atoms with E-state index in [-0.39, 0.29) is 12.1 Å². The number of oxazole rings is 1. The summed E-state index contributed by atoms with van der Waals surface area (Å²) in [5.41, 5.74) is 3.72. The molecule has 0 spiro atoms. The van der Waals surface area contributed by atoms with Crippen LogP contribution in [0.15, 0.2) is 41.1 Å². The van der Waals surface area contributed by atoms with Gasteiger partial charge in [-0.1, -0.05) is 6.07 Å². The summed E-state index contributed by atoms with van der Waals surface area (Å²) < 4.78 is 11.1. The van der Waals surface area contributed by atoms with E-state index in [9.17, 15) is 5.11 Å². The van der Waals surface area contributed by atoms with Gasteiger partial charge in [0, 0.05) is 6.20 Å². The van der Waals surface area contributed by atoms with Crippen molar-refractivity contribution in [3.8, 4) is 5.75 Å². The number of nitrogens with zero attached hydrogens (tertiary/aromatic N) is 2. The molecule has 0 bridgehead atoms. The van der Waals surface area contributed by atoms with Gasteiger partial charge in [0.05, 0.1) is 25.5 Å². The number of aryl methyl sites for hydroxylation is 1. The number of aliphatic hydroxyl groups excluding tert-OH is 1. The zero-order chi connectivity index (χ0) is 17.4. The molecule has 25 heavy (non-hydrogen) atoms. The van der Waals surface area contributed by atoms with E-state index in [2.05, 4.69) is 15.3 Å². The summed E-state index contributed by atoms with van der Waals surface area (Å²) >= 11 is 0. The van der Waals surface area contributed by atoms with Gasteiger partial charge < -0.3 is 19.6 Å². The van der Waals surface area contributed by atoms with E-state index in [1.165, 1.54) is 0 Å². The fourth-order valence-electron chi connectivity index (χ4n) is 3.32. The Labute approximate surface area is 145 Å². The molecular weight excluding hydrogens is 318 g/mol. The number of hydrogen-bond acceptors (Lipinski definition) is 6. The molecule has 0 aliphatic heterocycles. The first-order valence-corrected chi connectivity index (χ1v) is 8.43. The molecule has 2 heterocycles. The minimum absolute atomic E-state index is 0.0415. The largest absolute Gasteiger partial charge is 0.495 e. The standard InChI is InChI=1S/C19H21N3O3/c1-11-3-4-17-16(5-11)21-19(25-17)22-18(12-6-14(23)7-12)13-8-15(24-2)10-20-9-13/h3-5,8-10,12,14,18,23H,6-7H2,1-2H3,(H,21,22). The van der Waals surface area contributed by atoms with Crippen molar-refractivity contribution in [1.29, 1.82) is 0 Å². The Morgan fingerprint density at radius 2 is 2.12 bits per heavy atom. The molecule has 1 fully saturated rings. The van der Waals surface area contributed by atoms with Gasteiger partial charge in [0.1, 0.15) is 11.3 Å². The second-order valence-corrected chi connectivity index (χ2v) is 6.66. The summed E-state index contributed by atoms with van der Waals surface area (Å²) in [7, 11) is 1.62. The van der Waals surface area contributed by atoms with Crippen LogP contribution < -0.4 is 10.1 Å². The van der Waals surface area contributed by atoms with Crippen molar-refractivity contribution in [2.75, 3.05) is 12.4 Å². The Morgan fingerprint density at radius 3 is 2.88 bits per heavy atom. The lowest BCUT2D eigenvalue weighted by atomic mass is 9.75. The summed E-state index contributed by atoms with van der Waals surface area (Å²) in [4.78, 5) is 8.80. The molecule has 0 saturated heterocycles. The first-order chi connectivity index (χ1) is 12.1. The van der Waals surface area contributed by atoms with Crippen molar-refractivity contribution >= 4 is 17.1 Å². The lowest BCUT2D eigenvalue weighted by molar-refractivity contribution is 0.0336. The number of ether oxygens (including phenoxy) is 1. The lowest BCUT2D eigenvalue weighted by Gasteiger charge is -2.37. The molecule has 6 heteroatoms. The third kappa shape index (κ3) is 3.17. The smallest absolute Gasteiger partial charge is 0.296 e. The number of hydrogen-bond donors (Lipinski definition) is 2. The van der Waals surface area contributed by atoms with Gasteiger partial charge in [-0.3, -0.25) is 4.98 Å². The molecule has 2 N–H and O–H groups in total. The van der Waals surface area contributed by atoms with Crippen LogP contribution in [0.4, 0.5) is 6.01 Å². The number of methoxy groups -OCH3 is 1. The predicted molar refractivity (Wildman–Crippen MR) is 94.6 cm³/mol. The van der Waals surface area contributed by atoms with Gasteiger partial charge in [-0.15, -0.1) is 0 Å². The Morgan fingerprint density at radius 1 is 1.28 bits per heavy atom. The molecule has 1 aromatic carbocycles. The zero-order valence-corrected chi connectivity index (χ0v) is 14.3. The van der Waals surface area contributed by atoms with Gasteiger partial charge in [0.25, 0.3) is 6.01 Å². The van der Waals surface area contributed by atoms with Gasteiger partial charge in [-0.25, -0.2) is 0 Å². The summed E-state index contributed by atoms with van der Waals surface area (Å²) in [5, 5.41) is 13.1. The fraction of sp³-hybridized carbons (Fsp3) is 0.368. The quantitative estimate of drug-likeness (QED) is 0.741. The van der Waals surface area contributed by atoms with Gasteiger partial charge in [-0.2, -0.15) is 4.98 Å². The van der Waals surface area contributed by atoms with Crippen LogP contribution in [0, 0.1) is 12.8 Å². The van der Waals surface area contributed by atoms with E-state index >= 15 is 0 Å². The average Bonchev–Trinajstić information content (AvgIpc) is 2.99. The normalized spacial score (nSPS) is 20.9. The molecule has 2 aromatic heterocycles. The van der Waals surface area contributed by atoms with Gasteiger partial charge in [0.2, 0.25) is 0 Å². The summed E-state index contributed by atoms with van der Waals surface area (Å²) in [6.07, 6.45) is 4.75. The Hall–Kier alpha value is -2.60. The number of aromatic nitrogens is 2. The van der Waals surface area contributed by atoms with Crippen LogP contribution in [0.2, 0.25) is 0 Å². The van der Waals surface area contributed by atoms with Crippen LogP contribution in [0.5, 0.6) is 5.75 Å². The molecule has 1 unspecified atom stereocenters. The van der Waals surface area contributed by atoms with E-state index < -0.39 is 0 Å². The topological polar surface area (TPSA) is 80.4 Å². The molecule has 0 amide bonds. The number of aliphatic hydroxyl groups is 1. The highest BCUT2D eigenvalue weighted by Gasteiger charge is 2.36. The Balaban J connectivity index is 1.65. The average molecular weight is 339 g/mol. The zero-order valence-electron chi connectivity index (χ0n) is 14.3. The van der Waals surface area contributed by atoms with E-state index in [1.807, 2.05) is 37.4 Å². The van der Waals surface area contributed by atoms with Crippen LogP contribution in [-0.4, -0.2) is 28.3 Å². The first kappa shape index (κ1) is 15.9. The second-order valence-electron chi connectivity index (χ2n) is 6.66. The first-order valence-electron chi connectivity index (χ1n) is 8.43. The predicted octanol–water partition coefficient (Wildman–Crippen LogP) is 3.46. The van der Waals surface area contributed by atoms with Crippen molar-refractivity contribution in [3.05, 3.63) is 47.8 Å². The third-order valence-electron chi connectivity index (χ3n) is 4.77. The van der Waals surface area contributed by atoms with Crippen molar-refractivity contribution < 1.29 is 14.3 Å². The maximum absolute atomic E-state index is 9.72. The second kappa shape index (κ2) is 6.37. The van der Waals surface area contributed by atoms with E-state index in [0.29, 0.717) is 17.7 Å². The highest BCUT2D eigenvalue weighted by atomic mass is 16.5. The van der Waals surface area contributed by atoms with E-state index in [4.69, 9.17) is 9.15 Å². The number of rotatable bonds is 5. The van der Waals surface area contributed by atoms with E-state index in [0.717, 1.165) is 35.1 Å². The summed E-state index contributed by atoms with van der Waals surface area (Å²) in [6, 6.07) is 8.33. The minimum atomic E-state index is -0.237. The monoisotopic (exact) mass is 339 g/mol. The maximum Gasteiger partial charge on any atom is 0.296 e. The summed E-state index contributed by atoms with van der Waals surface area (Å²) in [6.45, 7) is 2.03. The molecule has 1 aliphatic rings. The lowest BCUT2D eigenvalue weighted by Crippen LogP contribution is -2.36. The number of fused-ring (bicyclic) bond motifs is 1. The van der Waals surface area contributed by atoms with Crippen LogP contribution in [0.25, 0.3) is 11.1 Å². The third-order valence-corrected chi connectivity index (χ3v) is 4.77. The van der Waals surface area contributed by atoms with Gasteiger partial charge in [-0.05, 0) is 55.0 Å². The molecule has 0 radical (unpaired) electrons. The molecule has 130 valence electrons. The molecule has 1 atom stereocenters. The summed E-state index contributed by atoms with van der Waals surface area (Å²) in [5.74, 6) is 0.998. The number of benzene rings is 1. The number of nitrogens with one attached hydrogen (secondary N) is 1. The fourth-order valence-corrected chi connectivity index (χ4v) is 3.32. The number of anilines is 1. The SMILES string of the molecule is COc1cncc(C(Nc2nc3cc(C)ccc3o2)C2CC(O)C2)c1. The van der Waals surface area contributed by atoms with Crippen molar-refractivity contribution in [3.63, 3.8) is 0 Å². The highest BCUT2D eigenvalue weighted by molar-refractivity contribution is 5.75. The van der Waals surface area contributed by atoms with Gasteiger partial charge in [0.15, 0.2) is 5.58 Å². The van der Waals surface area contributed by atoms with Crippen molar-refractivity contribution in [1.82, 2.24) is 9.97 Å². The Kier molecular flexibility index (Phi) is 4.05. The minimum Gasteiger partial charge on any atom is -0.495 e. The molecule has 1 aliphatic carbocycles.